The van der Waals surface area contributed by atoms with Crippen molar-refractivity contribution in [1.29, 1.82) is 0 Å². The summed E-state index contributed by atoms with van der Waals surface area (Å²) < 4.78 is 15.9. The molecule has 1 aliphatic rings. The lowest BCUT2D eigenvalue weighted by Crippen LogP contribution is -2.32. The van der Waals surface area contributed by atoms with E-state index in [-0.39, 0.29) is 18.1 Å². The van der Waals surface area contributed by atoms with Gasteiger partial charge in [0.15, 0.2) is 0 Å². The Kier molecular flexibility index (Phi) is 6.54. The van der Waals surface area contributed by atoms with Gasteiger partial charge in [0.05, 0.1) is 39.1 Å². The summed E-state index contributed by atoms with van der Waals surface area (Å²) in [6.07, 6.45) is 0. The standard InChI is InChI=1S/C27H26N2O5/c1-17-5-9-19(10-6-17)24-25(28-22-14-13-21(33-3)15-23(22)34-4)27(31)29(26(24)30)16-18-7-11-20(32-2)12-8-18/h5-15,28H,16H2,1-4H3. The van der Waals surface area contributed by atoms with E-state index in [1.165, 1.54) is 12.0 Å². The number of aryl methyl sites for hydroxylation is 1. The van der Waals surface area contributed by atoms with Crippen LogP contribution in [-0.4, -0.2) is 38.0 Å². The molecule has 0 aromatic heterocycles. The van der Waals surface area contributed by atoms with Crippen molar-refractivity contribution < 1.29 is 23.8 Å². The fourth-order valence-corrected chi connectivity index (χ4v) is 3.77. The highest BCUT2D eigenvalue weighted by Crippen LogP contribution is 2.35. The lowest BCUT2D eigenvalue weighted by Gasteiger charge is -2.16. The number of carbonyl (C=O) groups excluding carboxylic acids is 2. The zero-order valence-corrected chi connectivity index (χ0v) is 19.5. The molecule has 0 fully saturated rings. The van der Waals surface area contributed by atoms with Crippen LogP contribution in [0.4, 0.5) is 5.69 Å². The Morgan fingerprint density at radius 2 is 1.41 bits per heavy atom. The molecule has 0 saturated heterocycles. The first-order valence-electron chi connectivity index (χ1n) is 10.7. The molecule has 0 atom stereocenters. The topological polar surface area (TPSA) is 77.1 Å². The van der Waals surface area contributed by atoms with Gasteiger partial charge in [0.2, 0.25) is 0 Å². The van der Waals surface area contributed by atoms with E-state index >= 15 is 0 Å². The van der Waals surface area contributed by atoms with Crippen LogP contribution in [0.5, 0.6) is 17.2 Å². The third kappa shape index (κ3) is 4.45. The van der Waals surface area contributed by atoms with Gasteiger partial charge >= 0.3 is 0 Å². The largest absolute Gasteiger partial charge is 0.497 e. The van der Waals surface area contributed by atoms with Crippen molar-refractivity contribution in [1.82, 2.24) is 4.90 Å². The highest BCUT2D eigenvalue weighted by atomic mass is 16.5. The maximum Gasteiger partial charge on any atom is 0.278 e. The molecular weight excluding hydrogens is 432 g/mol. The summed E-state index contributed by atoms with van der Waals surface area (Å²) in [5.41, 5.74) is 3.60. The van der Waals surface area contributed by atoms with Crippen LogP contribution in [0.3, 0.4) is 0 Å². The molecule has 1 aliphatic heterocycles. The van der Waals surface area contributed by atoms with Crippen LogP contribution in [0.2, 0.25) is 0 Å². The minimum Gasteiger partial charge on any atom is -0.497 e. The summed E-state index contributed by atoms with van der Waals surface area (Å²) >= 11 is 0. The van der Waals surface area contributed by atoms with E-state index < -0.39 is 5.91 Å². The minimum atomic E-state index is -0.408. The second-order valence-corrected chi connectivity index (χ2v) is 7.85. The van der Waals surface area contributed by atoms with Gasteiger partial charge in [-0.05, 0) is 42.3 Å². The predicted molar refractivity (Wildman–Crippen MR) is 130 cm³/mol. The van der Waals surface area contributed by atoms with Crippen molar-refractivity contribution in [3.63, 3.8) is 0 Å². The molecule has 1 N–H and O–H groups in total. The number of carbonyl (C=O) groups is 2. The second-order valence-electron chi connectivity index (χ2n) is 7.85. The van der Waals surface area contributed by atoms with Gasteiger partial charge in [0, 0.05) is 6.07 Å². The summed E-state index contributed by atoms with van der Waals surface area (Å²) in [6, 6.07) is 20.0. The average molecular weight is 459 g/mol. The van der Waals surface area contributed by atoms with Crippen molar-refractivity contribution in [3.8, 4) is 17.2 Å². The molecule has 3 aromatic carbocycles. The first kappa shape index (κ1) is 22.9. The quantitative estimate of drug-likeness (QED) is 0.504. The first-order chi connectivity index (χ1) is 16.4. The minimum absolute atomic E-state index is 0.141. The van der Waals surface area contributed by atoms with Gasteiger partial charge in [-0.2, -0.15) is 0 Å². The van der Waals surface area contributed by atoms with Crippen LogP contribution in [0.25, 0.3) is 5.57 Å². The Bertz CT molecular complexity index is 1250. The summed E-state index contributed by atoms with van der Waals surface area (Å²) in [4.78, 5) is 28.3. The SMILES string of the molecule is COc1ccc(CN2C(=O)C(Nc3ccc(OC)cc3OC)=C(c3ccc(C)cc3)C2=O)cc1. The van der Waals surface area contributed by atoms with E-state index in [0.717, 1.165) is 11.1 Å². The van der Waals surface area contributed by atoms with Gasteiger partial charge in [0.1, 0.15) is 22.9 Å². The van der Waals surface area contributed by atoms with Crippen molar-refractivity contribution in [2.75, 3.05) is 26.6 Å². The van der Waals surface area contributed by atoms with Crippen LogP contribution in [0.15, 0.2) is 72.4 Å². The van der Waals surface area contributed by atoms with Crippen LogP contribution in [-0.2, 0) is 16.1 Å². The van der Waals surface area contributed by atoms with Gasteiger partial charge in [-0.1, -0.05) is 42.0 Å². The van der Waals surface area contributed by atoms with Crippen LogP contribution in [0.1, 0.15) is 16.7 Å². The van der Waals surface area contributed by atoms with Gasteiger partial charge < -0.3 is 19.5 Å². The number of hydrogen-bond acceptors (Lipinski definition) is 6. The smallest absolute Gasteiger partial charge is 0.278 e. The Labute approximate surface area is 198 Å². The molecule has 0 radical (unpaired) electrons. The Hall–Kier alpha value is -4.26. The average Bonchev–Trinajstić information content (AvgIpc) is 3.09. The maximum atomic E-state index is 13.5. The highest BCUT2D eigenvalue weighted by Gasteiger charge is 2.39. The fourth-order valence-electron chi connectivity index (χ4n) is 3.77. The molecule has 3 aromatic rings. The first-order valence-corrected chi connectivity index (χ1v) is 10.7. The van der Waals surface area contributed by atoms with E-state index in [1.807, 2.05) is 43.3 Å². The third-order valence-electron chi connectivity index (χ3n) is 5.68. The Morgan fingerprint density at radius 3 is 2.03 bits per heavy atom. The molecule has 7 nitrogen and oxygen atoms in total. The summed E-state index contributed by atoms with van der Waals surface area (Å²) in [6.45, 7) is 2.11. The lowest BCUT2D eigenvalue weighted by atomic mass is 10.0. The molecule has 1 heterocycles. The van der Waals surface area contributed by atoms with Crippen molar-refractivity contribution in [2.45, 2.75) is 13.5 Å². The van der Waals surface area contributed by atoms with Crippen LogP contribution < -0.4 is 19.5 Å². The second kappa shape index (κ2) is 9.70. The number of rotatable bonds is 8. The molecule has 0 spiro atoms. The molecule has 4 rings (SSSR count). The molecule has 0 unspecified atom stereocenters. The summed E-state index contributed by atoms with van der Waals surface area (Å²) in [5, 5.41) is 3.16. The zero-order chi connectivity index (χ0) is 24.2. The zero-order valence-electron chi connectivity index (χ0n) is 19.5. The van der Waals surface area contributed by atoms with Crippen molar-refractivity contribution >= 4 is 23.1 Å². The van der Waals surface area contributed by atoms with Gasteiger partial charge in [0.25, 0.3) is 11.8 Å². The van der Waals surface area contributed by atoms with Gasteiger partial charge in [-0.15, -0.1) is 0 Å². The van der Waals surface area contributed by atoms with Crippen LogP contribution in [0, 0.1) is 6.92 Å². The van der Waals surface area contributed by atoms with Gasteiger partial charge in [-0.25, -0.2) is 0 Å². The van der Waals surface area contributed by atoms with E-state index in [2.05, 4.69) is 5.32 Å². The van der Waals surface area contributed by atoms with E-state index in [9.17, 15) is 9.59 Å². The summed E-state index contributed by atoms with van der Waals surface area (Å²) in [5.74, 6) is 1.04. The number of nitrogens with zero attached hydrogens (tertiary/aromatic N) is 1. The summed E-state index contributed by atoms with van der Waals surface area (Å²) in [7, 11) is 4.69. The Balaban J connectivity index is 1.73. The van der Waals surface area contributed by atoms with Crippen LogP contribution >= 0.6 is 0 Å². The molecule has 2 amide bonds. The van der Waals surface area contributed by atoms with Gasteiger partial charge in [-0.3, -0.25) is 14.5 Å². The molecule has 0 aliphatic carbocycles. The number of methoxy groups -OCH3 is 3. The molecule has 0 saturated carbocycles. The van der Waals surface area contributed by atoms with E-state index in [1.54, 1.807) is 44.6 Å². The number of imide groups is 1. The number of amides is 2. The number of hydrogen-bond donors (Lipinski definition) is 1. The molecule has 7 heteroatoms. The highest BCUT2D eigenvalue weighted by molar-refractivity contribution is 6.36. The third-order valence-corrected chi connectivity index (χ3v) is 5.68. The van der Waals surface area contributed by atoms with E-state index in [0.29, 0.717) is 34.1 Å². The molecular formula is C27H26N2O5. The number of benzene rings is 3. The number of nitrogens with one attached hydrogen (secondary N) is 1. The number of ether oxygens (including phenoxy) is 3. The predicted octanol–water partition coefficient (Wildman–Crippen LogP) is 4.41. The van der Waals surface area contributed by atoms with Crippen molar-refractivity contribution in [3.05, 3.63) is 89.1 Å². The molecule has 34 heavy (non-hydrogen) atoms. The lowest BCUT2D eigenvalue weighted by molar-refractivity contribution is -0.137. The Morgan fingerprint density at radius 1 is 0.765 bits per heavy atom. The molecule has 174 valence electrons. The maximum absolute atomic E-state index is 13.5. The normalized spacial score (nSPS) is 13.4. The monoisotopic (exact) mass is 458 g/mol. The van der Waals surface area contributed by atoms with E-state index in [4.69, 9.17) is 14.2 Å². The van der Waals surface area contributed by atoms with Crippen molar-refractivity contribution in [2.24, 2.45) is 0 Å². The molecule has 0 bridgehead atoms. The number of anilines is 1. The fraction of sp³-hybridized carbons (Fsp3) is 0.185.